The minimum atomic E-state index is -0.207. The molecule has 19 heavy (non-hydrogen) atoms. The molecule has 2 rings (SSSR count). The Labute approximate surface area is 113 Å². The highest BCUT2D eigenvalue weighted by Gasteiger charge is 2.14. The molecule has 0 spiro atoms. The standard InChI is InChI=1S/C16H19FN2/c1-10-4-6-13(8-12(10)3)16(19-18)14-7-5-11(2)15(17)9-14/h4-9,16,19H,18H2,1-3H3. The maximum Gasteiger partial charge on any atom is 0.126 e. The predicted octanol–water partition coefficient (Wildman–Crippen LogP) is 3.30. The van der Waals surface area contributed by atoms with Crippen molar-refractivity contribution in [2.24, 2.45) is 5.84 Å². The van der Waals surface area contributed by atoms with Crippen LogP contribution >= 0.6 is 0 Å². The van der Waals surface area contributed by atoms with Crippen molar-refractivity contribution in [3.05, 3.63) is 70.0 Å². The van der Waals surface area contributed by atoms with E-state index >= 15 is 0 Å². The lowest BCUT2D eigenvalue weighted by atomic mass is 9.95. The Bertz CT molecular complexity index is 542. The summed E-state index contributed by atoms with van der Waals surface area (Å²) >= 11 is 0. The Hall–Kier alpha value is -1.71. The van der Waals surface area contributed by atoms with Crippen LogP contribution in [0, 0.1) is 26.6 Å². The molecule has 0 amide bonds. The Morgan fingerprint density at radius 1 is 0.895 bits per heavy atom. The molecule has 2 aromatic carbocycles. The minimum Gasteiger partial charge on any atom is -0.271 e. The smallest absolute Gasteiger partial charge is 0.126 e. The van der Waals surface area contributed by atoms with Crippen LogP contribution in [0.2, 0.25) is 0 Å². The highest BCUT2D eigenvalue weighted by molar-refractivity contribution is 5.38. The Balaban J connectivity index is 2.43. The van der Waals surface area contributed by atoms with Gasteiger partial charge in [-0.15, -0.1) is 0 Å². The number of nitrogens with one attached hydrogen (secondary N) is 1. The van der Waals surface area contributed by atoms with Crippen LogP contribution in [0.3, 0.4) is 0 Å². The lowest BCUT2D eigenvalue weighted by molar-refractivity contribution is 0.599. The van der Waals surface area contributed by atoms with Gasteiger partial charge in [0.05, 0.1) is 6.04 Å². The van der Waals surface area contributed by atoms with Gasteiger partial charge in [-0.3, -0.25) is 5.84 Å². The highest BCUT2D eigenvalue weighted by atomic mass is 19.1. The third-order valence-corrected chi connectivity index (χ3v) is 3.56. The molecule has 1 unspecified atom stereocenters. The normalized spacial score (nSPS) is 12.5. The quantitative estimate of drug-likeness (QED) is 0.655. The number of hydrazine groups is 1. The summed E-state index contributed by atoms with van der Waals surface area (Å²) in [5, 5.41) is 0. The van der Waals surface area contributed by atoms with Crippen LogP contribution in [0.15, 0.2) is 36.4 Å². The van der Waals surface area contributed by atoms with Crippen molar-refractivity contribution >= 4 is 0 Å². The average molecular weight is 258 g/mol. The molecule has 0 aliphatic heterocycles. The first-order valence-corrected chi connectivity index (χ1v) is 6.32. The van der Waals surface area contributed by atoms with Crippen molar-refractivity contribution in [3.8, 4) is 0 Å². The van der Waals surface area contributed by atoms with Crippen molar-refractivity contribution < 1.29 is 4.39 Å². The number of halogens is 1. The van der Waals surface area contributed by atoms with Gasteiger partial charge in [-0.2, -0.15) is 0 Å². The van der Waals surface area contributed by atoms with E-state index in [-0.39, 0.29) is 11.9 Å². The van der Waals surface area contributed by atoms with E-state index in [1.807, 2.05) is 12.1 Å². The number of nitrogens with two attached hydrogens (primary N) is 1. The molecule has 100 valence electrons. The van der Waals surface area contributed by atoms with Crippen LogP contribution in [0.4, 0.5) is 4.39 Å². The first-order valence-electron chi connectivity index (χ1n) is 6.32. The van der Waals surface area contributed by atoms with E-state index in [4.69, 9.17) is 5.84 Å². The van der Waals surface area contributed by atoms with Gasteiger partial charge in [0.2, 0.25) is 0 Å². The van der Waals surface area contributed by atoms with Gasteiger partial charge >= 0.3 is 0 Å². The van der Waals surface area contributed by atoms with Crippen LogP contribution in [-0.4, -0.2) is 0 Å². The summed E-state index contributed by atoms with van der Waals surface area (Å²) in [6, 6.07) is 11.2. The van der Waals surface area contributed by atoms with Gasteiger partial charge < -0.3 is 0 Å². The van der Waals surface area contributed by atoms with Crippen LogP contribution < -0.4 is 11.3 Å². The Kier molecular flexibility index (Phi) is 3.98. The van der Waals surface area contributed by atoms with E-state index in [1.165, 1.54) is 17.2 Å². The van der Waals surface area contributed by atoms with Gasteiger partial charge in [0, 0.05) is 0 Å². The van der Waals surface area contributed by atoms with Gasteiger partial charge in [-0.05, 0) is 54.7 Å². The first-order chi connectivity index (χ1) is 9.02. The van der Waals surface area contributed by atoms with Crippen molar-refractivity contribution in [2.45, 2.75) is 26.8 Å². The van der Waals surface area contributed by atoms with Crippen molar-refractivity contribution in [1.82, 2.24) is 5.43 Å². The molecule has 0 saturated heterocycles. The zero-order valence-electron chi connectivity index (χ0n) is 11.5. The second-order valence-corrected chi connectivity index (χ2v) is 4.95. The monoisotopic (exact) mass is 258 g/mol. The molecule has 0 saturated carbocycles. The number of hydrogen-bond acceptors (Lipinski definition) is 2. The van der Waals surface area contributed by atoms with Crippen LogP contribution in [0.1, 0.15) is 33.9 Å². The average Bonchev–Trinajstić information content (AvgIpc) is 2.39. The Morgan fingerprint density at radius 2 is 1.47 bits per heavy atom. The fourth-order valence-electron chi connectivity index (χ4n) is 2.12. The molecular weight excluding hydrogens is 239 g/mol. The van der Waals surface area contributed by atoms with E-state index in [2.05, 4.69) is 31.4 Å². The minimum absolute atomic E-state index is 0.200. The number of rotatable bonds is 3. The van der Waals surface area contributed by atoms with Crippen molar-refractivity contribution in [3.63, 3.8) is 0 Å². The molecule has 0 aromatic heterocycles. The fraction of sp³-hybridized carbons (Fsp3) is 0.250. The number of benzene rings is 2. The third-order valence-electron chi connectivity index (χ3n) is 3.56. The molecule has 0 fully saturated rings. The zero-order chi connectivity index (χ0) is 14.0. The van der Waals surface area contributed by atoms with E-state index in [0.717, 1.165) is 11.1 Å². The molecule has 1 atom stereocenters. The summed E-state index contributed by atoms with van der Waals surface area (Å²) in [5.41, 5.74) is 7.69. The van der Waals surface area contributed by atoms with Gasteiger partial charge in [-0.1, -0.05) is 30.3 Å². The highest BCUT2D eigenvalue weighted by Crippen LogP contribution is 2.24. The zero-order valence-corrected chi connectivity index (χ0v) is 11.5. The van der Waals surface area contributed by atoms with Crippen LogP contribution in [-0.2, 0) is 0 Å². The van der Waals surface area contributed by atoms with Gasteiger partial charge in [0.1, 0.15) is 5.82 Å². The van der Waals surface area contributed by atoms with E-state index in [1.54, 1.807) is 13.0 Å². The van der Waals surface area contributed by atoms with Gasteiger partial charge in [0.25, 0.3) is 0 Å². The molecule has 0 aliphatic rings. The topological polar surface area (TPSA) is 38.0 Å². The van der Waals surface area contributed by atoms with Gasteiger partial charge in [0.15, 0.2) is 0 Å². The van der Waals surface area contributed by atoms with Crippen molar-refractivity contribution in [1.29, 1.82) is 0 Å². The van der Waals surface area contributed by atoms with E-state index < -0.39 is 0 Å². The molecule has 0 aliphatic carbocycles. The number of hydrogen-bond donors (Lipinski definition) is 2. The summed E-state index contributed by atoms with van der Waals surface area (Å²) in [4.78, 5) is 0. The molecule has 2 nitrogen and oxygen atoms in total. The second-order valence-electron chi connectivity index (χ2n) is 4.95. The van der Waals surface area contributed by atoms with E-state index in [9.17, 15) is 4.39 Å². The summed E-state index contributed by atoms with van der Waals surface area (Å²) < 4.78 is 13.7. The van der Waals surface area contributed by atoms with Crippen molar-refractivity contribution in [2.75, 3.05) is 0 Å². The second kappa shape index (κ2) is 5.51. The van der Waals surface area contributed by atoms with E-state index in [0.29, 0.717) is 5.56 Å². The molecular formula is C16H19FN2. The maximum absolute atomic E-state index is 13.7. The molecule has 3 heteroatoms. The first kappa shape index (κ1) is 13.7. The Morgan fingerprint density at radius 3 is 2.00 bits per heavy atom. The molecule has 0 heterocycles. The SMILES string of the molecule is Cc1ccc(C(NN)c2ccc(C)c(F)c2)cc1C. The molecule has 0 radical (unpaired) electrons. The maximum atomic E-state index is 13.7. The van der Waals surface area contributed by atoms with Gasteiger partial charge in [-0.25, -0.2) is 9.82 Å². The third kappa shape index (κ3) is 2.83. The molecule has 3 N–H and O–H groups in total. The number of aryl methyl sites for hydroxylation is 3. The summed E-state index contributed by atoms with van der Waals surface area (Å²) in [6.45, 7) is 5.87. The summed E-state index contributed by atoms with van der Waals surface area (Å²) in [5.74, 6) is 5.43. The summed E-state index contributed by atoms with van der Waals surface area (Å²) in [6.07, 6.45) is 0. The van der Waals surface area contributed by atoms with Crippen LogP contribution in [0.25, 0.3) is 0 Å². The fourth-order valence-corrected chi connectivity index (χ4v) is 2.12. The lowest BCUT2D eigenvalue weighted by Crippen LogP contribution is -2.29. The predicted molar refractivity (Wildman–Crippen MR) is 76.2 cm³/mol. The molecule has 0 bridgehead atoms. The van der Waals surface area contributed by atoms with Crippen LogP contribution in [0.5, 0.6) is 0 Å². The largest absolute Gasteiger partial charge is 0.271 e. The molecule has 2 aromatic rings. The lowest BCUT2D eigenvalue weighted by Gasteiger charge is -2.18. The summed E-state index contributed by atoms with van der Waals surface area (Å²) in [7, 11) is 0.